The normalized spacial score (nSPS) is 17.6. The minimum absolute atomic E-state index is 0.102. The maximum atomic E-state index is 12.9. The largest absolute Gasteiger partial charge is 0.377 e. The number of rotatable bonds is 5. The summed E-state index contributed by atoms with van der Waals surface area (Å²) in [7, 11) is 1.57. The Hall–Kier alpha value is -2.78. The van der Waals surface area contributed by atoms with Gasteiger partial charge in [0, 0.05) is 32.6 Å². The maximum Gasteiger partial charge on any atom is 0.274 e. The summed E-state index contributed by atoms with van der Waals surface area (Å²) >= 11 is 0. The van der Waals surface area contributed by atoms with Crippen LogP contribution < -0.4 is 0 Å². The van der Waals surface area contributed by atoms with E-state index in [1.54, 1.807) is 18.2 Å². The third-order valence-corrected chi connectivity index (χ3v) is 4.43. The summed E-state index contributed by atoms with van der Waals surface area (Å²) in [6.45, 7) is 3.74. The van der Waals surface area contributed by atoms with E-state index in [-0.39, 0.29) is 12.0 Å². The van der Waals surface area contributed by atoms with Gasteiger partial charge in [0.2, 0.25) is 5.89 Å². The second-order valence-corrected chi connectivity index (χ2v) is 6.58. The van der Waals surface area contributed by atoms with Gasteiger partial charge in [-0.25, -0.2) is 4.98 Å². The van der Waals surface area contributed by atoms with Gasteiger partial charge in [-0.05, 0) is 18.6 Å². The average molecular weight is 371 g/mol. The van der Waals surface area contributed by atoms with Crippen LogP contribution in [0, 0.1) is 6.92 Å². The molecule has 0 N–H and O–H groups in total. The van der Waals surface area contributed by atoms with E-state index >= 15 is 0 Å². The SMILES string of the molecule is COCc1noc(C[C@@H]2CN(C(=O)c3cn4cc(C)ccc4n3)CCO2)n1. The quantitative estimate of drug-likeness (QED) is 0.666. The molecule has 9 heteroatoms. The van der Waals surface area contributed by atoms with Crippen LogP contribution in [0.1, 0.15) is 27.8 Å². The summed E-state index contributed by atoms with van der Waals surface area (Å²) in [5.74, 6) is 0.871. The molecular weight excluding hydrogens is 350 g/mol. The Morgan fingerprint density at radius 2 is 2.22 bits per heavy atom. The molecule has 9 nitrogen and oxygen atoms in total. The van der Waals surface area contributed by atoms with Gasteiger partial charge in [-0.1, -0.05) is 11.2 Å². The molecule has 0 aliphatic carbocycles. The van der Waals surface area contributed by atoms with Crippen molar-refractivity contribution in [2.45, 2.75) is 26.1 Å². The van der Waals surface area contributed by atoms with Crippen molar-refractivity contribution in [1.82, 2.24) is 24.4 Å². The Labute approximate surface area is 155 Å². The van der Waals surface area contributed by atoms with E-state index in [1.165, 1.54) is 0 Å². The van der Waals surface area contributed by atoms with Crippen molar-refractivity contribution in [1.29, 1.82) is 0 Å². The van der Waals surface area contributed by atoms with E-state index in [0.717, 1.165) is 11.2 Å². The van der Waals surface area contributed by atoms with Gasteiger partial charge in [-0.3, -0.25) is 4.79 Å². The van der Waals surface area contributed by atoms with Crippen LogP contribution in [-0.4, -0.2) is 63.2 Å². The predicted molar refractivity (Wildman–Crippen MR) is 94.3 cm³/mol. The number of amides is 1. The van der Waals surface area contributed by atoms with Gasteiger partial charge in [-0.15, -0.1) is 0 Å². The molecule has 1 amide bonds. The van der Waals surface area contributed by atoms with Gasteiger partial charge in [0.15, 0.2) is 5.82 Å². The zero-order valence-corrected chi connectivity index (χ0v) is 15.3. The fraction of sp³-hybridized carbons (Fsp3) is 0.444. The summed E-state index contributed by atoms with van der Waals surface area (Å²) in [6.07, 6.45) is 3.97. The molecule has 1 fully saturated rings. The fourth-order valence-corrected chi connectivity index (χ4v) is 3.15. The Morgan fingerprint density at radius 1 is 1.33 bits per heavy atom. The van der Waals surface area contributed by atoms with Crippen LogP contribution in [0.3, 0.4) is 0 Å². The molecule has 0 spiro atoms. The van der Waals surface area contributed by atoms with Crippen molar-refractivity contribution < 1.29 is 18.8 Å². The van der Waals surface area contributed by atoms with Gasteiger partial charge < -0.3 is 23.3 Å². The standard InChI is InChI=1S/C18H21N5O4/c1-12-3-4-16-19-14(10-23(16)8-12)18(24)22-5-6-26-13(9-22)7-17-20-15(11-25-2)21-27-17/h3-4,8,10,13H,5-7,9,11H2,1-2H3/t13-/m1/s1. The highest BCUT2D eigenvalue weighted by molar-refractivity contribution is 5.93. The molecule has 4 heterocycles. The Bertz CT molecular complexity index is 950. The van der Waals surface area contributed by atoms with E-state index in [1.807, 2.05) is 29.7 Å². The monoisotopic (exact) mass is 371 g/mol. The van der Waals surface area contributed by atoms with Crippen LogP contribution >= 0.6 is 0 Å². The molecule has 1 atom stereocenters. The van der Waals surface area contributed by atoms with Gasteiger partial charge in [0.1, 0.15) is 17.9 Å². The summed E-state index contributed by atoms with van der Waals surface area (Å²) in [4.78, 5) is 23.3. The number of carbonyl (C=O) groups excluding carboxylic acids is 1. The van der Waals surface area contributed by atoms with Gasteiger partial charge in [-0.2, -0.15) is 4.98 Å². The first-order valence-corrected chi connectivity index (χ1v) is 8.79. The number of ether oxygens (including phenoxy) is 2. The summed E-state index contributed by atoms with van der Waals surface area (Å²) in [6, 6.07) is 3.88. The summed E-state index contributed by atoms with van der Waals surface area (Å²) in [5.41, 5.74) is 2.30. The number of hydrogen-bond donors (Lipinski definition) is 0. The summed E-state index contributed by atoms with van der Waals surface area (Å²) < 4.78 is 17.8. The third kappa shape index (κ3) is 3.83. The molecular formula is C18H21N5O4. The number of fused-ring (bicyclic) bond motifs is 1. The van der Waals surface area contributed by atoms with Crippen molar-refractivity contribution in [2.75, 3.05) is 26.8 Å². The lowest BCUT2D eigenvalue weighted by molar-refractivity contribution is -0.0239. The second kappa shape index (κ2) is 7.45. The average Bonchev–Trinajstić information content (AvgIpc) is 3.28. The highest BCUT2D eigenvalue weighted by Crippen LogP contribution is 2.15. The number of hydrogen-bond acceptors (Lipinski definition) is 7. The lowest BCUT2D eigenvalue weighted by Gasteiger charge is -2.31. The number of methoxy groups -OCH3 is 1. The number of aromatic nitrogens is 4. The highest BCUT2D eigenvalue weighted by atomic mass is 16.5. The minimum Gasteiger partial charge on any atom is -0.377 e. The maximum absolute atomic E-state index is 12.9. The lowest BCUT2D eigenvalue weighted by atomic mass is 10.2. The van der Waals surface area contributed by atoms with Crippen LogP contribution in [0.2, 0.25) is 0 Å². The van der Waals surface area contributed by atoms with E-state index < -0.39 is 0 Å². The first kappa shape index (κ1) is 17.6. The van der Waals surface area contributed by atoms with Crippen LogP contribution in [0.25, 0.3) is 5.65 Å². The van der Waals surface area contributed by atoms with E-state index in [4.69, 9.17) is 14.0 Å². The molecule has 0 aromatic carbocycles. The molecule has 3 aromatic heterocycles. The molecule has 1 saturated heterocycles. The molecule has 3 aromatic rings. The molecule has 27 heavy (non-hydrogen) atoms. The highest BCUT2D eigenvalue weighted by Gasteiger charge is 2.28. The number of carbonyl (C=O) groups is 1. The molecule has 1 aliphatic heterocycles. The van der Waals surface area contributed by atoms with Crippen molar-refractivity contribution >= 4 is 11.6 Å². The van der Waals surface area contributed by atoms with Gasteiger partial charge >= 0.3 is 0 Å². The summed E-state index contributed by atoms with van der Waals surface area (Å²) in [5, 5.41) is 3.84. The Morgan fingerprint density at radius 3 is 3.07 bits per heavy atom. The molecule has 142 valence electrons. The lowest BCUT2D eigenvalue weighted by Crippen LogP contribution is -2.46. The first-order chi connectivity index (χ1) is 13.1. The zero-order chi connectivity index (χ0) is 18.8. The van der Waals surface area contributed by atoms with E-state index in [0.29, 0.717) is 50.1 Å². The number of imidazole rings is 1. The number of aryl methyl sites for hydroxylation is 1. The Kier molecular flexibility index (Phi) is 4.87. The third-order valence-electron chi connectivity index (χ3n) is 4.43. The molecule has 0 saturated carbocycles. The molecule has 0 unspecified atom stereocenters. The van der Waals surface area contributed by atoms with Crippen molar-refractivity contribution in [3.05, 3.63) is 47.5 Å². The molecule has 4 rings (SSSR count). The minimum atomic E-state index is -0.196. The first-order valence-electron chi connectivity index (χ1n) is 8.79. The smallest absolute Gasteiger partial charge is 0.274 e. The van der Waals surface area contributed by atoms with Gasteiger partial charge in [0.25, 0.3) is 5.91 Å². The number of pyridine rings is 1. The molecule has 0 bridgehead atoms. The van der Waals surface area contributed by atoms with Crippen molar-refractivity contribution in [2.24, 2.45) is 0 Å². The molecule has 0 radical (unpaired) electrons. The van der Waals surface area contributed by atoms with E-state index in [2.05, 4.69) is 15.1 Å². The zero-order valence-electron chi connectivity index (χ0n) is 15.3. The number of morpholine rings is 1. The van der Waals surface area contributed by atoms with Crippen LogP contribution in [0.4, 0.5) is 0 Å². The van der Waals surface area contributed by atoms with Crippen LogP contribution in [-0.2, 0) is 22.5 Å². The van der Waals surface area contributed by atoms with Crippen molar-refractivity contribution in [3.63, 3.8) is 0 Å². The van der Waals surface area contributed by atoms with Crippen LogP contribution in [0.5, 0.6) is 0 Å². The molecule has 1 aliphatic rings. The van der Waals surface area contributed by atoms with E-state index in [9.17, 15) is 4.79 Å². The van der Waals surface area contributed by atoms with Crippen molar-refractivity contribution in [3.8, 4) is 0 Å². The second-order valence-electron chi connectivity index (χ2n) is 6.58. The topological polar surface area (TPSA) is 95.0 Å². The van der Waals surface area contributed by atoms with Gasteiger partial charge in [0.05, 0.1) is 19.1 Å². The van der Waals surface area contributed by atoms with Crippen LogP contribution in [0.15, 0.2) is 29.0 Å². The Balaban J connectivity index is 1.44. The predicted octanol–water partition coefficient (Wildman–Crippen LogP) is 1.26. The number of nitrogens with zero attached hydrogens (tertiary/aromatic N) is 5. The fourth-order valence-electron chi connectivity index (χ4n) is 3.15.